The van der Waals surface area contributed by atoms with E-state index >= 15 is 9.59 Å². The monoisotopic (exact) mass is 887 g/mol. The molecule has 3 aliphatic carbocycles. The zero-order valence-corrected chi connectivity index (χ0v) is 31.2. The maximum Gasteiger partial charge on any atom is 0.238 e. The molecule has 8 rings (SSSR count). The third kappa shape index (κ3) is 4.86. The lowest BCUT2D eigenvalue weighted by Crippen LogP contribution is -2.58. The van der Waals surface area contributed by atoms with Crippen LogP contribution >= 0.6 is 45.2 Å². The number of nitrogens with zero attached hydrogens (tertiary/aromatic N) is 1. The highest BCUT2D eigenvalue weighted by Crippen LogP contribution is 2.64. The number of Topliss-reactive ketones (excluding diaryl/α,β-unsaturated/α-hetero) is 1. The fourth-order valence-corrected chi connectivity index (χ4v) is 9.99. The van der Waals surface area contributed by atoms with Gasteiger partial charge in [0.15, 0.2) is 23.1 Å². The molecule has 0 bridgehead atoms. The number of benzene rings is 4. The molecule has 1 saturated heterocycles. The summed E-state index contributed by atoms with van der Waals surface area (Å²) in [5, 5.41) is 10.9. The van der Waals surface area contributed by atoms with Crippen LogP contribution in [0.4, 0.5) is 5.69 Å². The fourth-order valence-electron chi connectivity index (χ4n) is 9.01. The van der Waals surface area contributed by atoms with Crippen LogP contribution in [-0.4, -0.2) is 35.6 Å². The third-order valence-electron chi connectivity index (χ3n) is 11.1. The number of anilines is 1. The zero-order chi connectivity index (χ0) is 34.9. The van der Waals surface area contributed by atoms with Crippen molar-refractivity contribution in [1.82, 2.24) is 0 Å². The third-order valence-corrected chi connectivity index (χ3v) is 12.6. The standard InChI is InChI=1S/C41H31I2NO6/c1-50-33-19-23(18-32(43)38(33)47)36-27-16-17-28-35(40(49)44(39(28)48)26-14-12-25(42)13-15-26)30(27)20-31-37(46)29(22-8-4-2-5-9-22)21-34(45)41(31,36)24-10-6-3-7-11-24/h2-16,18-19,21,28,30-31,35-36,47H,17,20H2,1H3/t28-,30+,31-,35-,36-,41-/m0/s1. The van der Waals surface area contributed by atoms with Crippen LogP contribution in [0.2, 0.25) is 0 Å². The Morgan fingerprint density at radius 1 is 0.840 bits per heavy atom. The minimum atomic E-state index is -1.36. The van der Waals surface area contributed by atoms with Gasteiger partial charge in [-0.3, -0.25) is 24.1 Å². The SMILES string of the molecule is COc1cc([C@H]2C3=CC[C@@H]4C(=O)N(c5ccc(I)cc5)C(=O)[C@@H]4[C@@H]3C[C@H]3C(=O)C(c4ccccc4)=CC(=O)[C@@]23c2ccccc2)cc(I)c1O. The van der Waals surface area contributed by atoms with Gasteiger partial charge in [0.1, 0.15) is 0 Å². The summed E-state index contributed by atoms with van der Waals surface area (Å²) in [6.07, 6.45) is 4.10. The van der Waals surface area contributed by atoms with Crippen LogP contribution in [0.15, 0.2) is 115 Å². The van der Waals surface area contributed by atoms with Crippen LogP contribution in [0.1, 0.15) is 35.4 Å². The number of allylic oxidation sites excluding steroid dienone is 4. The highest BCUT2D eigenvalue weighted by molar-refractivity contribution is 14.1. The molecule has 2 fully saturated rings. The number of carbonyl (C=O) groups excluding carboxylic acids is 4. The average molecular weight is 888 g/mol. The van der Waals surface area contributed by atoms with Gasteiger partial charge < -0.3 is 9.84 Å². The summed E-state index contributed by atoms with van der Waals surface area (Å²) in [6, 6.07) is 29.6. The van der Waals surface area contributed by atoms with Crippen LogP contribution in [0, 0.1) is 30.8 Å². The molecule has 0 unspecified atom stereocenters. The second kappa shape index (κ2) is 12.6. The van der Waals surface area contributed by atoms with Crippen molar-refractivity contribution in [2.75, 3.05) is 12.0 Å². The van der Waals surface area contributed by atoms with Crippen molar-refractivity contribution >= 4 is 79.8 Å². The first-order valence-corrected chi connectivity index (χ1v) is 18.6. The highest BCUT2D eigenvalue weighted by atomic mass is 127. The molecule has 6 atom stereocenters. The molecule has 4 aliphatic rings. The molecular weight excluding hydrogens is 856 g/mol. The number of ether oxygens (including phenoxy) is 1. The highest BCUT2D eigenvalue weighted by Gasteiger charge is 2.66. The van der Waals surface area contributed by atoms with E-state index in [1.165, 1.54) is 18.1 Å². The van der Waals surface area contributed by atoms with E-state index in [9.17, 15) is 14.7 Å². The van der Waals surface area contributed by atoms with Gasteiger partial charge in [0, 0.05) is 21.0 Å². The number of rotatable bonds is 5. The first kappa shape index (κ1) is 33.1. The normalized spacial score (nSPS) is 27.3. The molecule has 9 heteroatoms. The van der Waals surface area contributed by atoms with Crippen LogP contribution < -0.4 is 9.64 Å². The topological polar surface area (TPSA) is 101 Å². The molecule has 1 N–H and O–H groups in total. The number of phenols is 1. The van der Waals surface area contributed by atoms with E-state index in [-0.39, 0.29) is 41.3 Å². The number of phenolic OH excluding ortho intramolecular Hbond substituents is 1. The number of amides is 2. The van der Waals surface area contributed by atoms with Gasteiger partial charge in [0.2, 0.25) is 11.8 Å². The Hall–Kier alpha value is -4.10. The minimum absolute atomic E-state index is 0.0192. The van der Waals surface area contributed by atoms with E-state index in [1.807, 2.05) is 84.9 Å². The van der Waals surface area contributed by atoms with Gasteiger partial charge in [-0.05, 0) is 123 Å². The zero-order valence-electron chi connectivity index (χ0n) is 26.9. The second-order valence-electron chi connectivity index (χ2n) is 13.3. The number of fused-ring (bicyclic) bond motifs is 4. The summed E-state index contributed by atoms with van der Waals surface area (Å²) < 4.78 is 7.13. The lowest BCUT2D eigenvalue weighted by molar-refractivity contribution is -0.135. The lowest BCUT2D eigenvalue weighted by Gasteiger charge is -2.55. The van der Waals surface area contributed by atoms with Gasteiger partial charge in [-0.15, -0.1) is 0 Å². The Morgan fingerprint density at radius 2 is 1.52 bits per heavy atom. The largest absolute Gasteiger partial charge is 0.504 e. The Bertz CT molecular complexity index is 2140. The number of hydrogen-bond donors (Lipinski definition) is 1. The van der Waals surface area contributed by atoms with E-state index in [1.54, 1.807) is 18.2 Å². The number of hydrogen-bond acceptors (Lipinski definition) is 6. The van der Waals surface area contributed by atoms with Gasteiger partial charge >= 0.3 is 0 Å². The lowest BCUT2D eigenvalue weighted by atomic mass is 9.44. The maximum atomic E-state index is 15.2. The molecule has 7 nitrogen and oxygen atoms in total. The Kier molecular flexibility index (Phi) is 8.33. The molecule has 0 radical (unpaired) electrons. The quantitative estimate of drug-likeness (QED) is 0.126. The molecule has 0 spiro atoms. The van der Waals surface area contributed by atoms with Crippen LogP contribution in [0.5, 0.6) is 11.5 Å². The molecule has 1 aliphatic heterocycles. The summed E-state index contributed by atoms with van der Waals surface area (Å²) in [5.74, 6) is -4.00. The van der Waals surface area contributed by atoms with Crippen molar-refractivity contribution in [3.8, 4) is 11.5 Å². The predicted octanol–water partition coefficient (Wildman–Crippen LogP) is 7.64. The number of aromatic hydroxyl groups is 1. The van der Waals surface area contributed by atoms with Crippen molar-refractivity contribution in [2.24, 2.45) is 23.7 Å². The number of methoxy groups -OCH3 is 1. The molecule has 4 aromatic carbocycles. The van der Waals surface area contributed by atoms with Crippen molar-refractivity contribution in [2.45, 2.75) is 24.2 Å². The van der Waals surface area contributed by atoms with Gasteiger partial charge in [0.25, 0.3) is 0 Å². The summed E-state index contributed by atoms with van der Waals surface area (Å²) in [4.78, 5) is 60.1. The summed E-state index contributed by atoms with van der Waals surface area (Å²) in [5.41, 5.74) is 2.42. The van der Waals surface area contributed by atoms with Crippen molar-refractivity contribution < 1.29 is 29.0 Å². The molecule has 1 saturated carbocycles. The fraction of sp³-hybridized carbons (Fsp3) is 0.220. The molecule has 1 heterocycles. The summed E-state index contributed by atoms with van der Waals surface area (Å²) in [6.45, 7) is 0. The van der Waals surface area contributed by atoms with Crippen molar-refractivity contribution in [1.29, 1.82) is 0 Å². The van der Waals surface area contributed by atoms with Gasteiger partial charge in [0.05, 0.1) is 33.6 Å². The summed E-state index contributed by atoms with van der Waals surface area (Å²) in [7, 11) is 1.48. The Labute approximate surface area is 316 Å². The van der Waals surface area contributed by atoms with E-state index in [2.05, 4.69) is 45.2 Å². The van der Waals surface area contributed by atoms with Crippen LogP contribution in [0.3, 0.4) is 0 Å². The van der Waals surface area contributed by atoms with Gasteiger partial charge in [-0.1, -0.05) is 72.3 Å². The van der Waals surface area contributed by atoms with Crippen LogP contribution in [0.25, 0.3) is 5.57 Å². The molecule has 0 aromatic heterocycles. The van der Waals surface area contributed by atoms with Crippen molar-refractivity contribution in [3.05, 3.63) is 139 Å². The molecule has 250 valence electrons. The van der Waals surface area contributed by atoms with Gasteiger partial charge in [-0.25, -0.2) is 0 Å². The Morgan fingerprint density at radius 3 is 2.20 bits per heavy atom. The molecule has 4 aromatic rings. The number of halogens is 2. The predicted molar refractivity (Wildman–Crippen MR) is 206 cm³/mol. The minimum Gasteiger partial charge on any atom is -0.504 e. The second-order valence-corrected chi connectivity index (χ2v) is 15.7. The molecular formula is C41H31I2NO6. The first-order chi connectivity index (χ1) is 24.2. The van der Waals surface area contributed by atoms with Crippen molar-refractivity contribution in [3.63, 3.8) is 0 Å². The first-order valence-electron chi connectivity index (χ1n) is 16.5. The maximum absolute atomic E-state index is 15.2. The molecule has 2 amide bonds. The number of carbonyl (C=O) groups is 4. The van der Waals surface area contributed by atoms with E-state index in [0.717, 1.165) is 9.14 Å². The van der Waals surface area contributed by atoms with E-state index in [0.29, 0.717) is 37.9 Å². The number of ketones is 2. The van der Waals surface area contributed by atoms with E-state index in [4.69, 9.17) is 4.74 Å². The smallest absolute Gasteiger partial charge is 0.238 e. The van der Waals surface area contributed by atoms with E-state index < -0.39 is 35.0 Å². The Balaban J connectivity index is 1.38. The van der Waals surface area contributed by atoms with Crippen LogP contribution in [-0.2, 0) is 24.6 Å². The summed E-state index contributed by atoms with van der Waals surface area (Å²) >= 11 is 4.24. The van der Waals surface area contributed by atoms with Gasteiger partial charge in [-0.2, -0.15) is 0 Å². The molecule has 50 heavy (non-hydrogen) atoms. The average Bonchev–Trinajstić information content (AvgIpc) is 3.40. The number of imide groups is 1.